The van der Waals surface area contributed by atoms with Crippen molar-refractivity contribution in [2.45, 2.75) is 58.5 Å². The van der Waals surface area contributed by atoms with Crippen LogP contribution in [0, 0.1) is 19.8 Å². The molecule has 1 saturated carbocycles. The number of carbonyl (C=O) groups is 1. The third kappa shape index (κ3) is 5.47. The topological polar surface area (TPSA) is 49.3 Å². The molecule has 1 amide bonds. The van der Waals surface area contributed by atoms with Crippen molar-refractivity contribution in [3.63, 3.8) is 0 Å². The van der Waals surface area contributed by atoms with E-state index in [1.165, 1.54) is 18.6 Å². The minimum atomic E-state index is -4.38. The molecule has 4 rings (SSSR count). The van der Waals surface area contributed by atoms with Crippen molar-refractivity contribution >= 4 is 11.7 Å². The van der Waals surface area contributed by atoms with Crippen molar-refractivity contribution in [1.29, 1.82) is 0 Å². The third-order valence-electron chi connectivity index (χ3n) is 6.78. The number of hydrogen-bond donors (Lipinski definition) is 0. The summed E-state index contributed by atoms with van der Waals surface area (Å²) in [6.45, 7) is 6.30. The van der Waals surface area contributed by atoms with Crippen molar-refractivity contribution in [3.8, 4) is 0 Å². The summed E-state index contributed by atoms with van der Waals surface area (Å²) in [6.07, 6.45) is 1.42. The van der Waals surface area contributed by atoms with Gasteiger partial charge >= 0.3 is 6.18 Å². The van der Waals surface area contributed by atoms with Crippen LogP contribution in [0.15, 0.2) is 24.3 Å². The first-order valence-corrected chi connectivity index (χ1v) is 11.8. The molecule has 2 heterocycles. The average Bonchev–Trinajstić information content (AvgIpc) is 2.80. The van der Waals surface area contributed by atoms with Crippen LogP contribution >= 0.6 is 0 Å². The first-order valence-electron chi connectivity index (χ1n) is 11.8. The summed E-state index contributed by atoms with van der Waals surface area (Å²) in [5, 5.41) is 0. The van der Waals surface area contributed by atoms with Gasteiger partial charge in [0.05, 0.1) is 5.56 Å². The highest BCUT2D eigenvalue weighted by atomic mass is 19.4. The van der Waals surface area contributed by atoms with Gasteiger partial charge in [-0.05, 0) is 38.3 Å². The number of hydrogen-bond acceptors (Lipinski definition) is 4. The Kier molecular flexibility index (Phi) is 6.91. The number of rotatable bonds is 4. The van der Waals surface area contributed by atoms with E-state index in [0.717, 1.165) is 48.8 Å². The normalized spacial score (nSPS) is 18.0. The van der Waals surface area contributed by atoms with Gasteiger partial charge in [-0.15, -0.1) is 0 Å². The van der Waals surface area contributed by atoms with Gasteiger partial charge in [-0.2, -0.15) is 13.2 Å². The van der Waals surface area contributed by atoms with Crippen molar-refractivity contribution in [2.24, 2.45) is 5.92 Å². The molecule has 0 bridgehead atoms. The molecule has 2 aliphatic rings. The summed E-state index contributed by atoms with van der Waals surface area (Å²) in [4.78, 5) is 26.2. The van der Waals surface area contributed by atoms with Crippen LogP contribution < -0.4 is 4.90 Å². The molecule has 1 saturated heterocycles. The molecule has 0 atom stereocenters. The Labute approximate surface area is 193 Å². The number of aryl methyl sites for hydroxylation is 2. The van der Waals surface area contributed by atoms with E-state index in [4.69, 9.17) is 0 Å². The highest BCUT2D eigenvalue weighted by Crippen LogP contribution is 2.32. The van der Waals surface area contributed by atoms with E-state index in [2.05, 4.69) is 14.9 Å². The molecular formula is C25H31F3N4O. The summed E-state index contributed by atoms with van der Waals surface area (Å²) in [5.41, 5.74) is 1.54. The van der Waals surface area contributed by atoms with Gasteiger partial charge in [0.2, 0.25) is 5.91 Å². The van der Waals surface area contributed by atoms with E-state index in [0.29, 0.717) is 44.0 Å². The number of piperazine rings is 1. The second kappa shape index (κ2) is 9.69. The lowest BCUT2D eigenvalue weighted by atomic mass is 9.88. The van der Waals surface area contributed by atoms with Gasteiger partial charge in [-0.1, -0.05) is 37.5 Å². The van der Waals surface area contributed by atoms with Crippen LogP contribution in [-0.4, -0.2) is 47.0 Å². The molecule has 0 spiro atoms. The highest BCUT2D eigenvalue weighted by Gasteiger charge is 2.31. The molecule has 5 nitrogen and oxygen atoms in total. The number of alkyl halides is 3. The number of halogens is 3. The minimum Gasteiger partial charge on any atom is -0.353 e. The lowest BCUT2D eigenvalue weighted by molar-refractivity contribution is -0.138. The number of amides is 1. The molecule has 2 aromatic rings. The zero-order chi connectivity index (χ0) is 23.6. The number of aromatic nitrogens is 2. The summed E-state index contributed by atoms with van der Waals surface area (Å²) in [6, 6.07) is 5.44. The summed E-state index contributed by atoms with van der Waals surface area (Å²) in [7, 11) is 0. The number of anilines is 1. The van der Waals surface area contributed by atoms with E-state index < -0.39 is 11.7 Å². The molecule has 1 aromatic heterocycles. The van der Waals surface area contributed by atoms with Crippen LogP contribution in [0.1, 0.15) is 60.3 Å². The van der Waals surface area contributed by atoms with Crippen LogP contribution in [0.3, 0.4) is 0 Å². The predicted octanol–water partition coefficient (Wildman–Crippen LogP) is 4.93. The van der Waals surface area contributed by atoms with Crippen molar-refractivity contribution in [3.05, 3.63) is 52.5 Å². The zero-order valence-electron chi connectivity index (χ0n) is 19.3. The van der Waals surface area contributed by atoms with Crippen molar-refractivity contribution in [2.75, 3.05) is 31.1 Å². The fourth-order valence-electron chi connectivity index (χ4n) is 4.99. The minimum absolute atomic E-state index is 0.158. The van der Waals surface area contributed by atoms with Crippen LogP contribution in [0.25, 0.3) is 0 Å². The Morgan fingerprint density at radius 2 is 1.73 bits per heavy atom. The Bertz CT molecular complexity index is 994. The second-order valence-electron chi connectivity index (χ2n) is 9.18. The lowest BCUT2D eigenvalue weighted by Gasteiger charge is -2.38. The van der Waals surface area contributed by atoms with Crippen LogP contribution in [0.2, 0.25) is 0 Å². The van der Waals surface area contributed by atoms with E-state index in [1.54, 1.807) is 6.07 Å². The quantitative estimate of drug-likeness (QED) is 0.649. The van der Waals surface area contributed by atoms with Gasteiger partial charge < -0.3 is 9.80 Å². The van der Waals surface area contributed by atoms with E-state index in [9.17, 15) is 18.0 Å². The molecule has 8 heteroatoms. The van der Waals surface area contributed by atoms with Gasteiger partial charge in [0.25, 0.3) is 0 Å². The molecule has 178 valence electrons. The Balaban J connectivity index is 1.51. The Morgan fingerprint density at radius 3 is 2.39 bits per heavy atom. The smallest absolute Gasteiger partial charge is 0.353 e. The predicted molar refractivity (Wildman–Crippen MR) is 121 cm³/mol. The first kappa shape index (κ1) is 23.5. The molecule has 33 heavy (non-hydrogen) atoms. The SMILES string of the molecule is Cc1nc(C)c(Cc2cccc(C(F)(F)F)c2)c(N2CCN(C(=O)C3CCCCC3)CC2)n1. The van der Waals surface area contributed by atoms with E-state index in [-0.39, 0.29) is 11.8 Å². The van der Waals surface area contributed by atoms with Crippen molar-refractivity contribution < 1.29 is 18.0 Å². The van der Waals surface area contributed by atoms with Crippen LogP contribution in [-0.2, 0) is 17.4 Å². The maximum absolute atomic E-state index is 13.2. The molecule has 0 radical (unpaired) electrons. The standard InChI is InChI=1S/C25H31F3N4O/c1-17-22(16-19-7-6-10-21(15-19)25(26,27)28)23(30-18(2)29-17)31-11-13-32(14-12-31)24(33)20-8-4-3-5-9-20/h6-7,10,15,20H,3-5,8-9,11-14,16H2,1-2H3. The largest absolute Gasteiger partial charge is 0.416 e. The van der Waals surface area contributed by atoms with Crippen LogP contribution in [0.4, 0.5) is 19.0 Å². The fourth-order valence-corrected chi connectivity index (χ4v) is 4.99. The molecule has 1 aromatic carbocycles. The monoisotopic (exact) mass is 460 g/mol. The highest BCUT2D eigenvalue weighted by molar-refractivity contribution is 5.79. The maximum atomic E-state index is 13.2. The molecule has 2 fully saturated rings. The Morgan fingerprint density at radius 1 is 1.03 bits per heavy atom. The molecule has 0 N–H and O–H groups in total. The molecule has 0 unspecified atom stereocenters. The first-order chi connectivity index (χ1) is 15.7. The lowest BCUT2D eigenvalue weighted by Crippen LogP contribution is -2.51. The van der Waals surface area contributed by atoms with Gasteiger partial charge in [-0.25, -0.2) is 9.97 Å². The average molecular weight is 461 g/mol. The maximum Gasteiger partial charge on any atom is 0.416 e. The van der Waals surface area contributed by atoms with Crippen molar-refractivity contribution in [1.82, 2.24) is 14.9 Å². The zero-order valence-corrected chi connectivity index (χ0v) is 19.3. The third-order valence-corrected chi connectivity index (χ3v) is 6.78. The fraction of sp³-hybridized carbons (Fsp3) is 0.560. The molecular weight excluding hydrogens is 429 g/mol. The Hall–Kier alpha value is -2.64. The van der Waals surface area contributed by atoms with E-state index in [1.807, 2.05) is 18.7 Å². The van der Waals surface area contributed by atoms with E-state index >= 15 is 0 Å². The summed E-state index contributed by atoms with van der Waals surface area (Å²) < 4.78 is 39.5. The summed E-state index contributed by atoms with van der Waals surface area (Å²) in [5.74, 6) is 1.83. The number of nitrogens with zero attached hydrogens (tertiary/aromatic N) is 4. The number of carbonyl (C=O) groups excluding carboxylic acids is 1. The van der Waals surface area contributed by atoms with Gasteiger partial charge in [0.15, 0.2) is 0 Å². The van der Waals surface area contributed by atoms with Crippen LogP contribution in [0.5, 0.6) is 0 Å². The molecule has 1 aliphatic heterocycles. The number of benzene rings is 1. The summed E-state index contributed by atoms with van der Waals surface area (Å²) >= 11 is 0. The van der Waals surface area contributed by atoms with Gasteiger partial charge in [-0.3, -0.25) is 4.79 Å². The van der Waals surface area contributed by atoms with Gasteiger partial charge in [0.1, 0.15) is 11.6 Å². The molecule has 1 aliphatic carbocycles. The van der Waals surface area contributed by atoms with Gasteiger partial charge in [0, 0.05) is 49.8 Å². The second-order valence-corrected chi connectivity index (χ2v) is 9.18.